The van der Waals surface area contributed by atoms with Crippen molar-refractivity contribution in [1.29, 1.82) is 0 Å². The lowest BCUT2D eigenvalue weighted by atomic mass is 9.98. The maximum absolute atomic E-state index is 5.83. The molecule has 1 aliphatic rings. The average Bonchev–Trinajstić information content (AvgIpc) is 2.29. The van der Waals surface area contributed by atoms with Gasteiger partial charge in [0, 0.05) is 6.07 Å². The summed E-state index contributed by atoms with van der Waals surface area (Å²) < 4.78 is 5.83. The molecule has 1 saturated carbocycles. The summed E-state index contributed by atoms with van der Waals surface area (Å²) in [5.74, 6) is 1.09. The van der Waals surface area contributed by atoms with Crippen LogP contribution in [0.5, 0.6) is 5.88 Å². The van der Waals surface area contributed by atoms with Gasteiger partial charge in [-0.1, -0.05) is 18.2 Å². The van der Waals surface area contributed by atoms with E-state index in [0.717, 1.165) is 12.8 Å². The average molecular weight is 239 g/mol. The summed E-state index contributed by atoms with van der Waals surface area (Å²) in [5.41, 5.74) is 5.70. The highest BCUT2D eigenvalue weighted by molar-refractivity contribution is 7.98. The Morgan fingerprint density at radius 2 is 2.06 bits per heavy atom. The summed E-state index contributed by atoms with van der Waals surface area (Å²) in [6.07, 6.45) is 8.30. The van der Waals surface area contributed by atoms with Gasteiger partial charge in [0.1, 0.15) is 11.9 Å². The number of anilines is 1. The lowest BCUT2D eigenvalue weighted by molar-refractivity contribution is 0.147. The van der Waals surface area contributed by atoms with Crippen LogP contribution in [0.25, 0.3) is 0 Å². The molecule has 88 valence electrons. The van der Waals surface area contributed by atoms with Gasteiger partial charge in [-0.15, -0.1) is 0 Å². The molecule has 1 aliphatic carbocycles. The number of hydrogen-bond donors (Lipinski definition) is 1. The summed E-state index contributed by atoms with van der Waals surface area (Å²) >= 11 is 1.48. The van der Waals surface area contributed by atoms with Gasteiger partial charge in [-0.05, 0) is 31.9 Å². The number of nitrogen functional groups attached to an aromatic ring is 1. The number of thioether (sulfide) groups is 1. The van der Waals surface area contributed by atoms with Gasteiger partial charge >= 0.3 is 0 Å². The maximum atomic E-state index is 5.83. The largest absolute Gasteiger partial charge is 0.474 e. The second kappa shape index (κ2) is 5.39. The van der Waals surface area contributed by atoms with Gasteiger partial charge < -0.3 is 10.5 Å². The molecule has 1 heterocycles. The van der Waals surface area contributed by atoms with Crippen molar-refractivity contribution in [3.8, 4) is 5.88 Å². The van der Waals surface area contributed by atoms with Crippen LogP contribution in [-0.4, -0.2) is 22.3 Å². The first-order valence-corrected chi connectivity index (χ1v) is 6.85. The third-order valence-corrected chi connectivity index (χ3v) is 3.27. The van der Waals surface area contributed by atoms with E-state index in [4.69, 9.17) is 10.5 Å². The Hall–Kier alpha value is -0.970. The Kier molecular flexibility index (Phi) is 3.88. The summed E-state index contributed by atoms with van der Waals surface area (Å²) in [6, 6.07) is 1.70. The van der Waals surface area contributed by atoms with Crippen LogP contribution in [-0.2, 0) is 0 Å². The van der Waals surface area contributed by atoms with Crippen LogP contribution >= 0.6 is 11.8 Å². The van der Waals surface area contributed by atoms with E-state index in [9.17, 15) is 0 Å². The molecule has 16 heavy (non-hydrogen) atoms. The van der Waals surface area contributed by atoms with E-state index in [0.29, 0.717) is 23.0 Å². The number of aromatic nitrogens is 2. The highest BCUT2D eigenvalue weighted by Gasteiger charge is 2.16. The molecule has 0 saturated heterocycles. The van der Waals surface area contributed by atoms with E-state index >= 15 is 0 Å². The lowest BCUT2D eigenvalue weighted by Gasteiger charge is -2.22. The number of ether oxygens (including phenoxy) is 1. The summed E-state index contributed by atoms with van der Waals surface area (Å²) in [4.78, 5) is 8.39. The second-order valence-electron chi connectivity index (χ2n) is 4.00. The SMILES string of the molecule is CSc1nc(N)cc(OC2CCCCC2)n1. The van der Waals surface area contributed by atoms with E-state index in [1.165, 1.54) is 31.0 Å². The van der Waals surface area contributed by atoms with Crippen LogP contribution < -0.4 is 10.5 Å². The Balaban J connectivity index is 2.04. The molecule has 0 atom stereocenters. The Labute approximate surface area is 100.0 Å². The molecule has 0 spiro atoms. The maximum Gasteiger partial charge on any atom is 0.219 e. The van der Waals surface area contributed by atoms with Crippen molar-refractivity contribution >= 4 is 17.6 Å². The summed E-state index contributed by atoms with van der Waals surface area (Å²) in [7, 11) is 0. The smallest absolute Gasteiger partial charge is 0.219 e. The minimum absolute atomic E-state index is 0.303. The van der Waals surface area contributed by atoms with Crippen LogP contribution in [0.2, 0.25) is 0 Å². The molecule has 1 aromatic heterocycles. The molecule has 5 heteroatoms. The van der Waals surface area contributed by atoms with Crippen LogP contribution in [0.4, 0.5) is 5.82 Å². The predicted octanol–water partition coefficient (Wildman–Crippen LogP) is 2.49. The fourth-order valence-electron chi connectivity index (χ4n) is 1.93. The van der Waals surface area contributed by atoms with Crippen molar-refractivity contribution in [2.24, 2.45) is 0 Å². The molecule has 0 bridgehead atoms. The molecule has 2 N–H and O–H groups in total. The zero-order valence-corrected chi connectivity index (χ0v) is 10.3. The summed E-state index contributed by atoms with van der Waals surface area (Å²) in [6.45, 7) is 0. The van der Waals surface area contributed by atoms with Crippen molar-refractivity contribution in [3.63, 3.8) is 0 Å². The monoisotopic (exact) mass is 239 g/mol. The quantitative estimate of drug-likeness (QED) is 0.648. The first-order valence-electron chi connectivity index (χ1n) is 5.63. The minimum atomic E-state index is 0.303. The number of hydrogen-bond acceptors (Lipinski definition) is 5. The van der Waals surface area contributed by atoms with Gasteiger partial charge in [-0.2, -0.15) is 4.98 Å². The fraction of sp³-hybridized carbons (Fsp3) is 0.636. The van der Waals surface area contributed by atoms with Crippen LogP contribution in [0.15, 0.2) is 11.2 Å². The first-order chi connectivity index (χ1) is 7.78. The standard InChI is InChI=1S/C11H17N3OS/c1-16-11-13-9(12)7-10(14-11)15-8-5-3-2-4-6-8/h7-8H,2-6H2,1H3,(H2,12,13,14). The Morgan fingerprint density at radius 3 is 2.75 bits per heavy atom. The zero-order chi connectivity index (χ0) is 11.4. The summed E-state index contributed by atoms with van der Waals surface area (Å²) in [5, 5.41) is 0.672. The molecule has 0 amide bonds. The van der Waals surface area contributed by atoms with E-state index < -0.39 is 0 Å². The predicted molar refractivity (Wildman–Crippen MR) is 65.7 cm³/mol. The molecule has 1 aromatic rings. The van der Waals surface area contributed by atoms with Crippen molar-refractivity contribution < 1.29 is 4.74 Å². The van der Waals surface area contributed by atoms with Gasteiger partial charge in [-0.25, -0.2) is 4.98 Å². The van der Waals surface area contributed by atoms with Gasteiger partial charge in [0.2, 0.25) is 5.88 Å². The minimum Gasteiger partial charge on any atom is -0.474 e. The first kappa shape index (κ1) is 11.5. The van der Waals surface area contributed by atoms with E-state index in [-0.39, 0.29) is 0 Å². The molecule has 0 aromatic carbocycles. The molecular formula is C11H17N3OS. The Morgan fingerprint density at radius 1 is 1.31 bits per heavy atom. The van der Waals surface area contributed by atoms with E-state index in [1.54, 1.807) is 6.07 Å². The second-order valence-corrected chi connectivity index (χ2v) is 4.77. The third-order valence-electron chi connectivity index (χ3n) is 2.72. The number of nitrogens with two attached hydrogens (primary N) is 1. The normalized spacial score (nSPS) is 17.3. The van der Waals surface area contributed by atoms with Crippen molar-refractivity contribution in [2.45, 2.75) is 43.4 Å². The highest BCUT2D eigenvalue weighted by Crippen LogP contribution is 2.24. The van der Waals surface area contributed by atoms with Crippen LogP contribution in [0.1, 0.15) is 32.1 Å². The van der Waals surface area contributed by atoms with Gasteiger partial charge in [0.15, 0.2) is 5.16 Å². The molecule has 4 nitrogen and oxygen atoms in total. The molecule has 2 rings (SSSR count). The van der Waals surface area contributed by atoms with Crippen LogP contribution in [0.3, 0.4) is 0 Å². The Bertz CT molecular complexity index is 353. The zero-order valence-electron chi connectivity index (χ0n) is 9.48. The molecule has 0 radical (unpaired) electrons. The highest BCUT2D eigenvalue weighted by atomic mass is 32.2. The van der Waals surface area contributed by atoms with Crippen molar-refractivity contribution in [3.05, 3.63) is 6.07 Å². The van der Waals surface area contributed by atoms with E-state index in [1.807, 2.05) is 6.26 Å². The molecule has 0 unspecified atom stereocenters. The van der Waals surface area contributed by atoms with Crippen LogP contribution in [0, 0.1) is 0 Å². The van der Waals surface area contributed by atoms with Crippen molar-refractivity contribution in [1.82, 2.24) is 9.97 Å². The topological polar surface area (TPSA) is 61.0 Å². The fourth-order valence-corrected chi connectivity index (χ4v) is 2.30. The van der Waals surface area contributed by atoms with Crippen molar-refractivity contribution in [2.75, 3.05) is 12.0 Å². The molecule has 1 fully saturated rings. The van der Waals surface area contributed by atoms with Gasteiger partial charge in [0.25, 0.3) is 0 Å². The van der Waals surface area contributed by atoms with Gasteiger partial charge in [-0.3, -0.25) is 0 Å². The third kappa shape index (κ3) is 3.01. The number of nitrogens with zero attached hydrogens (tertiary/aromatic N) is 2. The molecule has 0 aliphatic heterocycles. The van der Waals surface area contributed by atoms with E-state index in [2.05, 4.69) is 9.97 Å². The molecular weight excluding hydrogens is 222 g/mol. The lowest BCUT2D eigenvalue weighted by Crippen LogP contribution is -2.20. The number of rotatable bonds is 3. The van der Waals surface area contributed by atoms with Gasteiger partial charge in [0.05, 0.1) is 0 Å².